The Kier molecular flexibility index (Phi) is 9.37. The third kappa shape index (κ3) is 7.22. The van der Waals surface area contributed by atoms with Crippen molar-refractivity contribution in [3.05, 3.63) is 59.7 Å². The van der Waals surface area contributed by atoms with E-state index in [4.69, 9.17) is 4.74 Å². The molecule has 0 bridgehead atoms. The van der Waals surface area contributed by atoms with Gasteiger partial charge in [-0.3, -0.25) is 13.9 Å². The van der Waals surface area contributed by atoms with Gasteiger partial charge < -0.3 is 15.0 Å². The molecule has 0 aromatic heterocycles. The zero-order valence-corrected chi connectivity index (χ0v) is 22.4. The predicted octanol–water partition coefficient (Wildman–Crippen LogP) is 3.64. The largest absolute Gasteiger partial charge is 0.495 e. The fraction of sp³-hybridized carbons (Fsp3) is 0.481. The molecule has 9 heteroatoms. The Morgan fingerprint density at radius 1 is 1.08 bits per heavy atom. The quantitative estimate of drug-likeness (QED) is 0.521. The molecule has 1 unspecified atom stereocenters. The highest BCUT2D eigenvalue weighted by atomic mass is 32.2. The summed E-state index contributed by atoms with van der Waals surface area (Å²) >= 11 is 0. The third-order valence-corrected chi connectivity index (χ3v) is 7.71. The standard InChI is InChI=1S/C27H37N3O5S/c1-20-11-10-12-22(17-20)18-29(21(2)27(32)28-23-13-6-5-7-14-23)26(31)19-30(36(4,33)34)24-15-8-9-16-25(24)35-3/h8-12,15-17,21,23H,5-7,13-14,18-19H2,1-4H3,(H,28,32). The summed E-state index contributed by atoms with van der Waals surface area (Å²) < 4.78 is 31.9. The molecular formula is C27H37N3O5S. The second-order valence-electron chi connectivity index (χ2n) is 9.47. The number of nitrogens with one attached hydrogen (secondary N) is 1. The van der Waals surface area contributed by atoms with Gasteiger partial charge in [0, 0.05) is 12.6 Å². The van der Waals surface area contributed by atoms with E-state index in [0.29, 0.717) is 5.75 Å². The second kappa shape index (κ2) is 12.3. The SMILES string of the molecule is COc1ccccc1N(CC(=O)N(Cc1cccc(C)c1)C(C)C(=O)NC1CCCCC1)S(C)(=O)=O. The van der Waals surface area contributed by atoms with Gasteiger partial charge in [0.05, 0.1) is 19.1 Å². The molecule has 8 nitrogen and oxygen atoms in total. The number of ether oxygens (including phenoxy) is 1. The van der Waals surface area contributed by atoms with Crippen LogP contribution in [0.3, 0.4) is 0 Å². The van der Waals surface area contributed by atoms with Crippen molar-refractivity contribution in [1.82, 2.24) is 10.2 Å². The lowest BCUT2D eigenvalue weighted by Gasteiger charge is -2.33. The number of benzene rings is 2. The number of anilines is 1. The summed E-state index contributed by atoms with van der Waals surface area (Å²) in [6.07, 6.45) is 6.24. The molecule has 1 aliphatic carbocycles. The van der Waals surface area contributed by atoms with E-state index in [9.17, 15) is 18.0 Å². The van der Waals surface area contributed by atoms with E-state index in [-0.39, 0.29) is 24.2 Å². The van der Waals surface area contributed by atoms with Crippen LogP contribution in [-0.2, 0) is 26.2 Å². The number of hydrogen-bond acceptors (Lipinski definition) is 5. The van der Waals surface area contributed by atoms with Gasteiger partial charge >= 0.3 is 0 Å². The lowest BCUT2D eigenvalue weighted by molar-refractivity contribution is -0.139. The Morgan fingerprint density at radius 3 is 2.42 bits per heavy atom. The molecule has 1 atom stereocenters. The molecule has 196 valence electrons. The maximum Gasteiger partial charge on any atom is 0.244 e. The number of amides is 2. The zero-order chi connectivity index (χ0) is 26.3. The Labute approximate surface area is 214 Å². The van der Waals surface area contributed by atoms with Gasteiger partial charge in [-0.25, -0.2) is 8.42 Å². The van der Waals surface area contributed by atoms with E-state index in [2.05, 4.69) is 5.32 Å². The van der Waals surface area contributed by atoms with E-state index >= 15 is 0 Å². The van der Waals surface area contributed by atoms with Gasteiger partial charge in [0.25, 0.3) is 0 Å². The maximum atomic E-state index is 13.7. The first-order valence-electron chi connectivity index (χ1n) is 12.4. The molecule has 36 heavy (non-hydrogen) atoms. The number of rotatable bonds is 10. The molecule has 2 aromatic rings. The van der Waals surface area contributed by atoms with Crippen molar-refractivity contribution >= 4 is 27.5 Å². The molecule has 1 saturated carbocycles. The van der Waals surface area contributed by atoms with Crippen molar-refractivity contribution in [3.63, 3.8) is 0 Å². The number of sulfonamides is 1. The maximum absolute atomic E-state index is 13.7. The first-order chi connectivity index (χ1) is 17.1. The third-order valence-electron chi connectivity index (χ3n) is 6.59. The van der Waals surface area contributed by atoms with Crippen LogP contribution in [0.4, 0.5) is 5.69 Å². The molecule has 0 spiro atoms. The van der Waals surface area contributed by atoms with E-state index in [1.807, 2.05) is 31.2 Å². The van der Waals surface area contributed by atoms with E-state index < -0.39 is 28.5 Å². The van der Waals surface area contributed by atoms with Crippen LogP contribution in [0.15, 0.2) is 48.5 Å². The molecule has 0 radical (unpaired) electrons. The monoisotopic (exact) mass is 515 g/mol. The number of hydrogen-bond donors (Lipinski definition) is 1. The van der Waals surface area contributed by atoms with Gasteiger partial charge in [-0.1, -0.05) is 61.2 Å². The molecule has 0 heterocycles. The minimum absolute atomic E-state index is 0.103. The van der Waals surface area contributed by atoms with Crippen molar-refractivity contribution < 1.29 is 22.7 Å². The number of carbonyl (C=O) groups is 2. The van der Waals surface area contributed by atoms with Crippen LogP contribution in [0.2, 0.25) is 0 Å². The minimum atomic E-state index is -3.82. The zero-order valence-electron chi connectivity index (χ0n) is 21.6. The van der Waals surface area contributed by atoms with E-state index in [0.717, 1.165) is 47.4 Å². The van der Waals surface area contributed by atoms with Gasteiger partial charge in [0.15, 0.2) is 0 Å². The van der Waals surface area contributed by atoms with Crippen molar-refractivity contribution in [1.29, 1.82) is 0 Å². The smallest absolute Gasteiger partial charge is 0.244 e. The van der Waals surface area contributed by atoms with Crippen LogP contribution < -0.4 is 14.4 Å². The topological polar surface area (TPSA) is 96.0 Å². The van der Waals surface area contributed by atoms with Gasteiger partial charge in [-0.15, -0.1) is 0 Å². The van der Waals surface area contributed by atoms with Crippen LogP contribution in [0.5, 0.6) is 5.75 Å². The van der Waals surface area contributed by atoms with Crippen molar-refractivity contribution in [2.45, 2.75) is 64.6 Å². The van der Waals surface area contributed by atoms with Crippen LogP contribution in [0, 0.1) is 6.92 Å². The average molecular weight is 516 g/mol. The summed E-state index contributed by atoms with van der Waals surface area (Å²) in [5.74, 6) is -0.366. The average Bonchev–Trinajstić information content (AvgIpc) is 2.85. The van der Waals surface area contributed by atoms with Gasteiger partial charge in [-0.05, 0) is 44.4 Å². The molecule has 2 amide bonds. The van der Waals surface area contributed by atoms with Crippen LogP contribution in [0.1, 0.15) is 50.2 Å². The highest BCUT2D eigenvalue weighted by Crippen LogP contribution is 2.29. The van der Waals surface area contributed by atoms with Crippen molar-refractivity contribution in [2.75, 3.05) is 24.2 Å². The number of aryl methyl sites for hydroxylation is 1. The molecular weight excluding hydrogens is 478 g/mol. The van der Waals surface area contributed by atoms with Gasteiger partial charge in [0.1, 0.15) is 18.3 Å². The number of para-hydroxylation sites is 2. The lowest BCUT2D eigenvalue weighted by Crippen LogP contribution is -2.53. The van der Waals surface area contributed by atoms with Gasteiger partial charge in [-0.2, -0.15) is 0 Å². The number of carbonyl (C=O) groups excluding carboxylic acids is 2. The Bertz CT molecular complexity index is 1160. The fourth-order valence-electron chi connectivity index (χ4n) is 4.59. The highest BCUT2D eigenvalue weighted by molar-refractivity contribution is 7.92. The van der Waals surface area contributed by atoms with Crippen molar-refractivity contribution in [3.8, 4) is 5.75 Å². The number of methoxy groups -OCH3 is 1. The molecule has 1 N–H and O–H groups in total. The van der Waals surface area contributed by atoms with Crippen LogP contribution >= 0.6 is 0 Å². The summed E-state index contributed by atoms with van der Waals surface area (Å²) in [6, 6.07) is 13.7. The molecule has 2 aromatic carbocycles. The first kappa shape index (κ1) is 27.5. The van der Waals surface area contributed by atoms with Crippen molar-refractivity contribution in [2.24, 2.45) is 0 Å². The Hall–Kier alpha value is -3.07. The van der Waals surface area contributed by atoms with Crippen LogP contribution in [-0.4, -0.2) is 57.1 Å². The van der Waals surface area contributed by atoms with E-state index in [1.165, 1.54) is 18.4 Å². The summed E-state index contributed by atoms with van der Waals surface area (Å²) in [6.45, 7) is 3.39. The lowest BCUT2D eigenvalue weighted by atomic mass is 9.95. The summed E-state index contributed by atoms with van der Waals surface area (Å²) in [5, 5.41) is 3.10. The van der Waals surface area contributed by atoms with Crippen LogP contribution in [0.25, 0.3) is 0 Å². The molecule has 0 saturated heterocycles. The first-order valence-corrected chi connectivity index (χ1v) is 14.2. The molecule has 0 aliphatic heterocycles. The number of nitrogens with zero attached hydrogens (tertiary/aromatic N) is 2. The Balaban J connectivity index is 1.89. The predicted molar refractivity (Wildman–Crippen MR) is 141 cm³/mol. The minimum Gasteiger partial charge on any atom is -0.495 e. The summed E-state index contributed by atoms with van der Waals surface area (Å²) in [7, 11) is -2.37. The normalized spacial score (nSPS) is 15.1. The molecule has 1 fully saturated rings. The molecule has 3 rings (SSSR count). The second-order valence-corrected chi connectivity index (χ2v) is 11.4. The van der Waals surface area contributed by atoms with E-state index in [1.54, 1.807) is 31.2 Å². The fourth-order valence-corrected chi connectivity index (χ4v) is 5.44. The summed E-state index contributed by atoms with van der Waals surface area (Å²) in [5.41, 5.74) is 2.17. The highest BCUT2D eigenvalue weighted by Gasteiger charge is 2.32. The molecule has 1 aliphatic rings. The van der Waals surface area contributed by atoms with Gasteiger partial charge in [0.2, 0.25) is 21.8 Å². The Morgan fingerprint density at radius 2 is 1.78 bits per heavy atom. The summed E-state index contributed by atoms with van der Waals surface area (Å²) in [4.78, 5) is 28.4.